The largest absolute Gasteiger partial charge is 0.456 e. The molecule has 0 aliphatic carbocycles. The Morgan fingerprint density at radius 3 is 2.29 bits per heavy atom. The van der Waals surface area contributed by atoms with Crippen LogP contribution in [0.5, 0.6) is 0 Å². The molecule has 8 nitrogen and oxygen atoms in total. The van der Waals surface area contributed by atoms with E-state index in [0.717, 1.165) is 5.56 Å². The van der Waals surface area contributed by atoms with E-state index in [0.29, 0.717) is 6.42 Å². The Bertz CT molecular complexity index is 682. The first-order valence-electron chi connectivity index (χ1n) is 9.03. The van der Waals surface area contributed by atoms with Crippen LogP contribution in [0.1, 0.15) is 39.7 Å². The number of Topliss-reactive ketones (excluding diaryl/α,β-unsaturated/α-hetero) is 1. The summed E-state index contributed by atoms with van der Waals surface area (Å²) in [6, 6.07) is 8.59. The predicted octanol–water partition coefficient (Wildman–Crippen LogP) is 1.76. The second-order valence-electron chi connectivity index (χ2n) is 7.26. The first kappa shape index (κ1) is 23.1. The topological polar surface area (TPSA) is 111 Å². The second-order valence-corrected chi connectivity index (χ2v) is 7.26. The van der Waals surface area contributed by atoms with Gasteiger partial charge in [-0.05, 0) is 39.7 Å². The van der Waals surface area contributed by atoms with Crippen molar-refractivity contribution in [2.45, 2.75) is 52.2 Å². The van der Waals surface area contributed by atoms with E-state index in [4.69, 9.17) is 9.47 Å². The first-order chi connectivity index (χ1) is 13.1. The lowest BCUT2D eigenvalue weighted by Gasteiger charge is -2.19. The molecule has 154 valence electrons. The zero-order valence-corrected chi connectivity index (χ0v) is 16.7. The van der Waals surface area contributed by atoms with E-state index < -0.39 is 36.2 Å². The van der Waals surface area contributed by atoms with Gasteiger partial charge in [-0.25, -0.2) is 4.79 Å². The van der Waals surface area contributed by atoms with E-state index >= 15 is 0 Å². The van der Waals surface area contributed by atoms with Crippen molar-refractivity contribution in [2.75, 3.05) is 13.2 Å². The van der Waals surface area contributed by atoms with Gasteiger partial charge in [0.2, 0.25) is 0 Å². The zero-order valence-electron chi connectivity index (χ0n) is 16.7. The number of nitrogens with one attached hydrogen (secondary N) is 2. The van der Waals surface area contributed by atoms with Gasteiger partial charge < -0.3 is 20.1 Å². The fraction of sp³-hybridized carbons (Fsp3) is 0.500. The fourth-order valence-corrected chi connectivity index (χ4v) is 2.18. The van der Waals surface area contributed by atoms with Gasteiger partial charge in [0.15, 0.2) is 12.4 Å². The van der Waals surface area contributed by atoms with Gasteiger partial charge in [0.1, 0.15) is 5.60 Å². The standard InChI is InChI=1S/C20H28N2O6/c1-14(23)16(12-15-8-6-5-7-9-15)22-17(24)13-27-18(25)10-11-21-19(26)28-20(2,3)4/h5-9,16H,10-13H2,1-4H3,(H,21,26)(H,22,24)/t16-/m0/s1. The van der Waals surface area contributed by atoms with Crippen molar-refractivity contribution in [2.24, 2.45) is 0 Å². The van der Waals surface area contributed by atoms with Crippen LogP contribution in [0.4, 0.5) is 4.79 Å². The molecule has 0 saturated heterocycles. The van der Waals surface area contributed by atoms with Crippen molar-refractivity contribution < 1.29 is 28.7 Å². The molecule has 0 unspecified atom stereocenters. The summed E-state index contributed by atoms with van der Waals surface area (Å²) in [5.74, 6) is -1.40. The van der Waals surface area contributed by atoms with Crippen LogP contribution in [-0.4, -0.2) is 48.5 Å². The Balaban J connectivity index is 2.32. The van der Waals surface area contributed by atoms with Crippen LogP contribution < -0.4 is 10.6 Å². The fourth-order valence-electron chi connectivity index (χ4n) is 2.18. The molecule has 28 heavy (non-hydrogen) atoms. The molecule has 0 fully saturated rings. The highest BCUT2D eigenvalue weighted by Crippen LogP contribution is 2.06. The molecule has 1 aromatic carbocycles. The third kappa shape index (κ3) is 10.3. The molecule has 8 heteroatoms. The maximum Gasteiger partial charge on any atom is 0.407 e. The van der Waals surface area contributed by atoms with Crippen LogP contribution in [0.15, 0.2) is 30.3 Å². The lowest BCUT2D eigenvalue weighted by molar-refractivity contribution is -0.148. The van der Waals surface area contributed by atoms with Crippen molar-refractivity contribution in [3.63, 3.8) is 0 Å². The van der Waals surface area contributed by atoms with Crippen molar-refractivity contribution in [1.29, 1.82) is 0 Å². The average Bonchev–Trinajstić information content (AvgIpc) is 2.58. The van der Waals surface area contributed by atoms with Crippen LogP contribution in [-0.2, 0) is 30.3 Å². The van der Waals surface area contributed by atoms with E-state index in [1.54, 1.807) is 20.8 Å². The molecular formula is C20H28N2O6. The molecule has 0 spiro atoms. The molecule has 2 N–H and O–H groups in total. The molecular weight excluding hydrogens is 364 g/mol. The third-order valence-electron chi connectivity index (χ3n) is 3.47. The minimum Gasteiger partial charge on any atom is -0.456 e. The van der Waals surface area contributed by atoms with Crippen LogP contribution in [0.2, 0.25) is 0 Å². The number of carbonyl (C=O) groups excluding carboxylic acids is 4. The zero-order chi connectivity index (χ0) is 21.2. The Morgan fingerprint density at radius 1 is 1.07 bits per heavy atom. The quantitative estimate of drug-likeness (QED) is 0.620. The summed E-state index contributed by atoms with van der Waals surface area (Å²) in [5.41, 5.74) is 0.281. The summed E-state index contributed by atoms with van der Waals surface area (Å²) in [6.07, 6.45) is -0.384. The Hall–Kier alpha value is -2.90. The van der Waals surface area contributed by atoms with Gasteiger partial charge >= 0.3 is 12.1 Å². The number of hydrogen-bond donors (Lipinski definition) is 2. The van der Waals surface area contributed by atoms with E-state index in [2.05, 4.69) is 10.6 Å². The molecule has 2 amide bonds. The number of rotatable bonds is 9. The van der Waals surface area contributed by atoms with Gasteiger partial charge in [-0.1, -0.05) is 30.3 Å². The maximum atomic E-state index is 12.0. The van der Waals surface area contributed by atoms with Gasteiger partial charge in [-0.3, -0.25) is 14.4 Å². The number of ether oxygens (including phenoxy) is 2. The van der Waals surface area contributed by atoms with Crippen LogP contribution >= 0.6 is 0 Å². The predicted molar refractivity (Wildman–Crippen MR) is 103 cm³/mol. The Kier molecular flexibility index (Phi) is 9.14. The number of carbonyl (C=O) groups is 4. The van der Waals surface area contributed by atoms with Crippen molar-refractivity contribution in [3.8, 4) is 0 Å². The Labute approximate surface area is 165 Å². The molecule has 0 saturated carbocycles. The number of benzene rings is 1. The smallest absolute Gasteiger partial charge is 0.407 e. The molecule has 0 aliphatic rings. The van der Waals surface area contributed by atoms with Gasteiger partial charge in [-0.2, -0.15) is 0 Å². The summed E-state index contributed by atoms with van der Waals surface area (Å²) in [4.78, 5) is 46.8. The van der Waals surface area contributed by atoms with Gasteiger partial charge in [-0.15, -0.1) is 0 Å². The Morgan fingerprint density at radius 2 is 1.71 bits per heavy atom. The molecule has 0 heterocycles. The molecule has 0 radical (unpaired) electrons. The number of hydrogen-bond acceptors (Lipinski definition) is 6. The molecule has 1 rings (SSSR count). The van der Waals surface area contributed by atoms with Crippen molar-refractivity contribution >= 4 is 23.8 Å². The lowest BCUT2D eigenvalue weighted by Crippen LogP contribution is -2.43. The minimum atomic E-state index is -0.692. The van der Waals surface area contributed by atoms with Crippen LogP contribution in [0.3, 0.4) is 0 Å². The van der Waals surface area contributed by atoms with Gasteiger partial charge in [0, 0.05) is 6.54 Å². The third-order valence-corrected chi connectivity index (χ3v) is 3.47. The molecule has 0 bridgehead atoms. The van der Waals surface area contributed by atoms with Gasteiger partial charge in [0.25, 0.3) is 5.91 Å². The SMILES string of the molecule is CC(=O)[C@H](Cc1ccccc1)NC(=O)COC(=O)CCNC(=O)OC(C)(C)C. The summed E-state index contributed by atoms with van der Waals surface area (Å²) < 4.78 is 9.90. The highest BCUT2D eigenvalue weighted by molar-refractivity contribution is 5.88. The van der Waals surface area contributed by atoms with Crippen LogP contribution in [0, 0.1) is 0 Å². The normalized spacial score (nSPS) is 11.9. The van der Waals surface area contributed by atoms with E-state index in [9.17, 15) is 19.2 Å². The molecule has 0 aromatic heterocycles. The van der Waals surface area contributed by atoms with Crippen LogP contribution in [0.25, 0.3) is 0 Å². The van der Waals surface area contributed by atoms with Gasteiger partial charge in [0.05, 0.1) is 12.5 Å². The molecule has 1 atom stereocenters. The highest BCUT2D eigenvalue weighted by Gasteiger charge is 2.19. The van der Waals surface area contributed by atoms with E-state index in [1.165, 1.54) is 6.92 Å². The minimum absolute atomic E-state index is 0.0272. The summed E-state index contributed by atoms with van der Waals surface area (Å²) >= 11 is 0. The van der Waals surface area contributed by atoms with Crippen molar-refractivity contribution in [3.05, 3.63) is 35.9 Å². The van der Waals surface area contributed by atoms with E-state index in [1.807, 2.05) is 30.3 Å². The first-order valence-corrected chi connectivity index (χ1v) is 9.03. The monoisotopic (exact) mass is 392 g/mol. The average molecular weight is 392 g/mol. The summed E-state index contributed by atoms with van der Waals surface area (Å²) in [7, 11) is 0. The maximum absolute atomic E-state index is 12.0. The number of amides is 2. The molecule has 0 aliphatic heterocycles. The van der Waals surface area contributed by atoms with Crippen molar-refractivity contribution in [1.82, 2.24) is 10.6 Å². The number of esters is 1. The lowest BCUT2D eigenvalue weighted by atomic mass is 10.0. The summed E-state index contributed by atoms with van der Waals surface area (Å²) in [5, 5.41) is 4.99. The second kappa shape index (κ2) is 11.1. The molecule has 1 aromatic rings. The highest BCUT2D eigenvalue weighted by atomic mass is 16.6. The van der Waals surface area contributed by atoms with E-state index in [-0.39, 0.29) is 18.7 Å². The number of alkyl carbamates (subject to hydrolysis) is 1. The summed E-state index contributed by atoms with van der Waals surface area (Å²) in [6.45, 7) is 6.11. The number of ketones is 1.